The second kappa shape index (κ2) is 7.38. The number of aromatic nitrogens is 1. The van der Waals surface area contributed by atoms with E-state index in [1.165, 1.54) is 0 Å². The smallest absolute Gasteiger partial charge is 0.251 e. The van der Waals surface area contributed by atoms with Crippen molar-refractivity contribution in [1.29, 1.82) is 0 Å². The first kappa shape index (κ1) is 17.0. The van der Waals surface area contributed by atoms with E-state index in [2.05, 4.69) is 15.8 Å². The molecule has 1 fully saturated rings. The second-order valence-electron chi connectivity index (χ2n) is 6.14. The maximum absolute atomic E-state index is 12.2. The quantitative estimate of drug-likeness (QED) is 0.801. The lowest BCUT2D eigenvalue weighted by Crippen LogP contribution is -2.37. The van der Waals surface area contributed by atoms with Crippen LogP contribution in [-0.2, 0) is 11.4 Å². The van der Waals surface area contributed by atoms with Gasteiger partial charge in [0.25, 0.3) is 5.91 Å². The average Bonchev–Trinajstić information content (AvgIpc) is 3.36. The summed E-state index contributed by atoms with van der Waals surface area (Å²) < 4.78 is 10.8. The molecule has 0 aliphatic heterocycles. The van der Waals surface area contributed by atoms with Gasteiger partial charge in [0.15, 0.2) is 0 Å². The fraction of sp³-hybridized carbons (Fsp3) is 0.389. The Labute approximate surface area is 145 Å². The van der Waals surface area contributed by atoms with Gasteiger partial charge in [0.2, 0.25) is 5.91 Å². The molecule has 0 spiro atoms. The average molecular weight is 343 g/mol. The van der Waals surface area contributed by atoms with E-state index < -0.39 is 0 Å². The molecule has 2 amide bonds. The van der Waals surface area contributed by atoms with E-state index in [-0.39, 0.29) is 24.4 Å². The van der Waals surface area contributed by atoms with Gasteiger partial charge < -0.3 is 19.9 Å². The lowest BCUT2D eigenvalue weighted by molar-refractivity contribution is -0.120. The van der Waals surface area contributed by atoms with Crippen LogP contribution in [0.25, 0.3) is 0 Å². The van der Waals surface area contributed by atoms with Crippen molar-refractivity contribution in [3.8, 4) is 5.75 Å². The number of rotatable bonds is 7. The highest BCUT2D eigenvalue weighted by Crippen LogP contribution is 2.19. The topological polar surface area (TPSA) is 93.5 Å². The van der Waals surface area contributed by atoms with Crippen LogP contribution in [0.2, 0.25) is 0 Å². The molecule has 25 heavy (non-hydrogen) atoms. The van der Waals surface area contributed by atoms with Gasteiger partial charge in [0, 0.05) is 11.6 Å². The number of amides is 2. The fourth-order valence-corrected chi connectivity index (χ4v) is 2.36. The molecular formula is C18H21N3O4. The Morgan fingerprint density at radius 1 is 1.32 bits per heavy atom. The summed E-state index contributed by atoms with van der Waals surface area (Å²) >= 11 is 0. The Hall–Kier alpha value is -2.83. The Bertz CT molecular complexity index is 761. The summed E-state index contributed by atoms with van der Waals surface area (Å²) in [4.78, 5) is 23.8. The largest absolute Gasteiger partial charge is 0.489 e. The van der Waals surface area contributed by atoms with Gasteiger partial charge in [-0.05, 0) is 44.9 Å². The normalized spacial score (nSPS) is 13.4. The number of hydrogen-bond donors (Lipinski definition) is 2. The third kappa shape index (κ3) is 4.59. The van der Waals surface area contributed by atoms with Crippen molar-refractivity contribution < 1.29 is 18.8 Å². The van der Waals surface area contributed by atoms with Gasteiger partial charge in [0.1, 0.15) is 18.1 Å². The number of carbonyl (C=O) groups excluding carboxylic acids is 2. The molecule has 2 N–H and O–H groups in total. The van der Waals surface area contributed by atoms with Crippen LogP contribution in [0, 0.1) is 13.8 Å². The Balaban J connectivity index is 1.54. The maximum atomic E-state index is 12.2. The molecular weight excluding hydrogens is 322 g/mol. The van der Waals surface area contributed by atoms with E-state index in [4.69, 9.17) is 9.26 Å². The minimum absolute atomic E-state index is 0.0283. The van der Waals surface area contributed by atoms with Crippen molar-refractivity contribution in [2.75, 3.05) is 6.54 Å². The molecule has 132 valence electrons. The van der Waals surface area contributed by atoms with Gasteiger partial charge in [-0.15, -0.1) is 0 Å². The first-order chi connectivity index (χ1) is 12.0. The zero-order valence-corrected chi connectivity index (χ0v) is 14.3. The fourth-order valence-electron chi connectivity index (χ4n) is 2.36. The number of benzene rings is 1. The van der Waals surface area contributed by atoms with Crippen LogP contribution in [0.1, 0.15) is 40.2 Å². The molecule has 3 rings (SSSR count). The second-order valence-corrected chi connectivity index (χ2v) is 6.14. The molecule has 1 saturated carbocycles. The molecule has 0 atom stereocenters. The molecule has 1 aromatic carbocycles. The van der Waals surface area contributed by atoms with Gasteiger partial charge in [-0.3, -0.25) is 9.59 Å². The van der Waals surface area contributed by atoms with Crippen LogP contribution in [0.5, 0.6) is 5.75 Å². The van der Waals surface area contributed by atoms with Crippen molar-refractivity contribution in [3.05, 3.63) is 46.8 Å². The summed E-state index contributed by atoms with van der Waals surface area (Å²) in [7, 11) is 0. The van der Waals surface area contributed by atoms with Crippen LogP contribution < -0.4 is 15.4 Å². The lowest BCUT2D eigenvalue weighted by atomic mass is 10.2. The van der Waals surface area contributed by atoms with Crippen molar-refractivity contribution in [2.24, 2.45) is 0 Å². The first-order valence-corrected chi connectivity index (χ1v) is 8.25. The summed E-state index contributed by atoms with van der Waals surface area (Å²) in [5.41, 5.74) is 2.12. The molecule has 0 unspecified atom stereocenters. The van der Waals surface area contributed by atoms with Gasteiger partial charge in [0.05, 0.1) is 17.8 Å². The van der Waals surface area contributed by atoms with Gasteiger partial charge in [-0.2, -0.15) is 0 Å². The van der Waals surface area contributed by atoms with Crippen molar-refractivity contribution in [3.63, 3.8) is 0 Å². The van der Waals surface area contributed by atoms with Gasteiger partial charge in [-0.25, -0.2) is 0 Å². The predicted octanol–water partition coefficient (Wildman–Crippen LogP) is 1.88. The Morgan fingerprint density at radius 3 is 2.80 bits per heavy atom. The molecule has 0 saturated heterocycles. The number of ether oxygens (including phenoxy) is 1. The van der Waals surface area contributed by atoms with Gasteiger partial charge >= 0.3 is 0 Å². The SMILES string of the molecule is Cc1noc(C)c1COc1cccc(C(=O)NCC(=O)NC2CC2)c1. The number of hydrogen-bond acceptors (Lipinski definition) is 5. The van der Waals surface area contributed by atoms with Crippen molar-refractivity contribution in [1.82, 2.24) is 15.8 Å². The van der Waals surface area contributed by atoms with E-state index in [1.807, 2.05) is 13.8 Å². The predicted molar refractivity (Wildman–Crippen MR) is 90.2 cm³/mol. The van der Waals surface area contributed by atoms with Crippen LogP contribution in [-0.4, -0.2) is 29.6 Å². The van der Waals surface area contributed by atoms with E-state index >= 15 is 0 Å². The van der Waals surface area contributed by atoms with E-state index in [0.717, 1.165) is 24.1 Å². The summed E-state index contributed by atoms with van der Waals surface area (Å²) in [6, 6.07) is 7.12. The highest BCUT2D eigenvalue weighted by molar-refractivity contribution is 5.96. The van der Waals surface area contributed by atoms with Crippen LogP contribution in [0.4, 0.5) is 0 Å². The van der Waals surface area contributed by atoms with Crippen LogP contribution >= 0.6 is 0 Å². The maximum Gasteiger partial charge on any atom is 0.251 e. The monoisotopic (exact) mass is 343 g/mol. The standard InChI is InChI=1S/C18H21N3O4/c1-11-16(12(2)25-21-11)10-24-15-5-3-4-13(8-15)18(23)19-9-17(22)20-14-6-7-14/h3-5,8,14H,6-7,9-10H2,1-2H3,(H,19,23)(H,20,22). The summed E-state index contributed by atoms with van der Waals surface area (Å²) in [6.45, 7) is 3.97. The zero-order chi connectivity index (χ0) is 17.8. The number of carbonyl (C=O) groups is 2. The van der Waals surface area contributed by atoms with Crippen molar-refractivity contribution in [2.45, 2.75) is 39.3 Å². The third-order valence-electron chi connectivity index (χ3n) is 4.01. The summed E-state index contributed by atoms with van der Waals surface area (Å²) in [5.74, 6) is 0.804. The minimum Gasteiger partial charge on any atom is -0.489 e. The Morgan fingerprint density at radius 2 is 2.12 bits per heavy atom. The molecule has 1 aliphatic rings. The minimum atomic E-state index is -0.311. The van der Waals surface area contributed by atoms with Gasteiger partial charge in [-0.1, -0.05) is 11.2 Å². The number of nitrogens with zero attached hydrogens (tertiary/aromatic N) is 1. The molecule has 7 nitrogen and oxygen atoms in total. The molecule has 0 bridgehead atoms. The van der Waals surface area contributed by atoms with E-state index in [0.29, 0.717) is 23.7 Å². The molecule has 2 aromatic rings. The number of aryl methyl sites for hydroxylation is 2. The molecule has 1 aromatic heterocycles. The molecule has 7 heteroatoms. The van der Waals surface area contributed by atoms with Crippen molar-refractivity contribution >= 4 is 11.8 Å². The lowest BCUT2D eigenvalue weighted by Gasteiger charge is -2.09. The molecule has 1 aliphatic carbocycles. The van der Waals surface area contributed by atoms with E-state index in [1.54, 1.807) is 24.3 Å². The molecule has 0 radical (unpaired) electrons. The number of nitrogens with one attached hydrogen (secondary N) is 2. The van der Waals surface area contributed by atoms with E-state index in [9.17, 15) is 9.59 Å². The highest BCUT2D eigenvalue weighted by Gasteiger charge is 2.23. The molecule has 1 heterocycles. The first-order valence-electron chi connectivity index (χ1n) is 8.25. The third-order valence-corrected chi connectivity index (χ3v) is 4.01. The van der Waals surface area contributed by atoms with Crippen LogP contribution in [0.3, 0.4) is 0 Å². The highest BCUT2D eigenvalue weighted by atomic mass is 16.5. The summed E-state index contributed by atoms with van der Waals surface area (Å²) in [6.07, 6.45) is 2.04. The summed E-state index contributed by atoms with van der Waals surface area (Å²) in [5, 5.41) is 9.32. The van der Waals surface area contributed by atoms with Crippen LogP contribution in [0.15, 0.2) is 28.8 Å². The Kier molecular flexibility index (Phi) is 5.02. The zero-order valence-electron chi connectivity index (χ0n) is 14.3.